The average Bonchev–Trinajstić information content (AvgIpc) is 2.36. The predicted octanol–water partition coefficient (Wildman–Crippen LogP) is 0.842. The summed E-state index contributed by atoms with van der Waals surface area (Å²) in [4.78, 5) is 11.9. The van der Waals surface area contributed by atoms with Crippen molar-refractivity contribution in [2.75, 3.05) is 38.4 Å². The molecule has 6 nitrogen and oxygen atoms in total. The molecule has 0 spiro atoms. The molecule has 0 bridgehead atoms. The maximum atomic E-state index is 11.9. The summed E-state index contributed by atoms with van der Waals surface area (Å²) in [6.45, 7) is 2.11. The summed E-state index contributed by atoms with van der Waals surface area (Å²) >= 11 is 0. The Morgan fingerprint density at radius 1 is 1.30 bits per heavy atom. The highest BCUT2D eigenvalue weighted by atomic mass is 32.2. The molecule has 1 N–H and O–H groups in total. The highest BCUT2D eigenvalue weighted by Crippen LogP contribution is 2.09. The molecule has 1 aromatic carbocycles. The number of carbonyl (C=O) groups is 1. The van der Waals surface area contributed by atoms with Gasteiger partial charge < -0.3 is 10.1 Å². The van der Waals surface area contributed by atoms with Crippen LogP contribution in [-0.2, 0) is 19.6 Å². The zero-order chi connectivity index (χ0) is 15.2. The number of hydrogen-bond acceptors (Lipinski definition) is 4. The van der Waals surface area contributed by atoms with Gasteiger partial charge in [0.1, 0.15) is 0 Å². The van der Waals surface area contributed by atoms with E-state index in [4.69, 9.17) is 4.74 Å². The van der Waals surface area contributed by atoms with Gasteiger partial charge in [0.2, 0.25) is 15.9 Å². The van der Waals surface area contributed by atoms with E-state index in [1.807, 2.05) is 19.1 Å². The van der Waals surface area contributed by atoms with Gasteiger partial charge in [-0.25, -0.2) is 8.42 Å². The second-order valence-electron chi connectivity index (χ2n) is 4.50. The Kier molecular flexibility index (Phi) is 6.12. The van der Waals surface area contributed by atoms with Crippen molar-refractivity contribution >= 4 is 21.6 Å². The van der Waals surface area contributed by atoms with Crippen molar-refractivity contribution < 1.29 is 17.9 Å². The molecule has 0 aliphatic heterocycles. The lowest BCUT2D eigenvalue weighted by atomic mass is 10.2. The maximum Gasteiger partial charge on any atom is 0.239 e. The molecule has 20 heavy (non-hydrogen) atoms. The molecular formula is C13H20N2O4S. The van der Waals surface area contributed by atoms with Gasteiger partial charge in [0.25, 0.3) is 0 Å². The van der Waals surface area contributed by atoms with E-state index < -0.39 is 10.0 Å². The second-order valence-corrected chi connectivity index (χ2v) is 6.49. The van der Waals surface area contributed by atoms with E-state index in [1.54, 1.807) is 12.1 Å². The van der Waals surface area contributed by atoms with Gasteiger partial charge in [-0.05, 0) is 19.1 Å². The van der Waals surface area contributed by atoms with E-state index in [0.717, 1.165) is 16.1 Å². The quantitative estimate of drug-likeness (QED) is 0.809. The van der Waals surface area contributed by atoms with Gasteiger partial charge in [0.15, 0.2) is 0 Å². The molecule has 0 fully saturated rings. The van der Waals surface area contributed by atoms with E-state index in [2.05, 4.69) is 5.32 Å². The van der Waals surface area contributed by atoms with Crippen LogP contribution in [-0.4, -0.2) is 51.7 Å². The lowest BCUT2D eigenvalue weighted by Gasteiger charge is -2.19. The molecule has 0 saturated heterocycles. The summed E-state index contributed by atoms with van der Waals surface area (Å²) < 4.78 is 29.0. The number of aryl methyl sites for hydroxylation is 1. The molecule has 0 atom stereocenters. The maximum absolute atomic E-state index is 11.9. The Balaban J connectivity index is 2.64. The second kappa shape index (κ2) is 7.37. The van der Waals surface area contributed by atoms with E-state index in [-0.39, 0.29) is 25.6 Å². The Bertz CT molecular complexity index is 540. The zero-order valence-corrected chi connectivity index (χ0v) is 12.7. The summed E-state index contributed by atoms with van der Waals surface area (Å²) in [5, 5.41) is 2.66. The van der Waals surface area contributed by atoms with Crippen molar-refractivity contribution in [1.29, 1.82) is 0 Å². The first kappa shape index (κ1) is 16.6. The average molecular weight is 300 g/mol. The van der Waals surface area contributed by atoms with Crippen LogP contribution in [0.25, 0.3) is 0 Å². The van der Waals surface area contributed by atoms with Gasteiger partial charge in [0.05, 0.1) is 19.4 Å². The van der Waals surface area contributed by atoms with Crippen LogP contribution < -0.4 is 5.32 Å². The third-order valence-electron chi connectivity index (χ3n) is 2.67. The fourth-order valence-corrected chi connectivity index (χ4v) is 2.31. The molecule has 1 amide bonds. The fourth-order valence-electron chi connectivity index (χ4n) is 1.55. The smallest absolute Gasteiger partial charge is 0.239 e. The standard InChI is InChI=1S/C13H20N2O4S/c1-11-4-6-12(7-5-11)14-13(16)10-15(8-9-19-2)20(3,17)18/h4-7H,8-10H2,1-3H3,(H,14,16). The van der Waals surface area contributed by atoms with Gasteiger partial charge in [-0.1, -0.05) is 17.7 Å². The van der Waals surface area contributed by atoms with Crippen LogP contribution in [0.1, 0.15) is 5.56 Å². The number of anilines is 1. The minimum absolute atomic E-state index is 0.149. The van der Waals surface area contributed by atoms with Gasteiger partial charge in [-0.15, -0.1) is 0 Å². The minimum Gasteiger partial charge on any atom is -0.383 e. The summed E-state index contributed by atoms with van der Waals surface area (Å²) in [6, 6.07) is 7.28. The minimum atomic E-state index is -3.44. The number of methoxy groups -OCH3 is 1. The Morgan fingerprint density at radius 3 is 2.40 bits per heavy atom. The summed E-state index contributed by atoms with van der Waals surface area (Å²) in [6.07, 6.45) is 1.07. The van der Waals surface area contributed by atoms with Crippen molar-refractivity contribution in [3.8, 4) is 0 Å². The third kappa shape index (κ3) is 5.68. The SMILES string of the molecule is COCCN(CC(=O)Nc1ccc(C)cc1)S(C)(=O)=O. The summed E-state index contributed by atoms with van der Waals surface area (Å²) in [5.41, 5.74) is 1.72. The van der Waals surface area contributed by atoms with Gasteiger partial charge >= 0.3 is 0 Å². The molecule has 0 heterocycles. The lowest BCUT2D eigenvalue weighted by Crippen LogP contribution is -2.39. The number of ether oxygens (including phenoxy) is 1. The molecule has 1 rings (SSSR count). The monoisotopic (exact) mass is 300 g/mol. The molecule has 0 aliphatic rings. The van der Waals surface area contributed by atoms with Crippen LogP contribution in [0.3, 0.4) is 0 Å². The van der Waals surface area contributed by atoms with Gasteiger partial charge in [-0.2, -0.15) is 4.31 Å². The van der Waals surface area contributed by atoms with E-state index in [9.17, 15) is 13.2 Å². The van der Waals surface area contributed by atoms with Crippen LogP contribution in [0.15, 0.2) is 24.3 Å². The number of sulfonamides is 1. The van der Waals surface area contributed by atoms with Crippen LogP contribution in [0.2, 0.25) is 0 Å². The van der Waals surface area contributed by atoms with Gasteiger partial charge in [0, 0.05) is 19.3 Å². The first-order valence-electron chi connectivity index (χ1n) is 6.13. The van der Waals surface area contributed by atoms with Crippen molar-refractivity contribution in [3.05, 3.63) is 29.8 Å². The number of nitrogens with zero attached hydrogens (tertiary/aromatic N) is 1. The Hall–Kier alpha value is -1.44. The number of nitrogens with one attached hydrogen (secondary N) is 1. The molecule has 0 saturated carbocycles. The van der Waals surface area contributed by atoms with E-state index in [0.29, 0.717) is 5.69 Å². The summed E-state index contributed by atoms with van der Waals surface area (Å²) in [7, 11) is -1.96. The Labute approximate surface area is 119 Å². The fraction of sp³-hybridized carbons (Fsp3) is 0.462. The van der Waals surface area contributed by atoms with Crippen LogP contribution in [0, 0.1) is 6.92 Å². The Morgan fingerprint density at radius 2 is 1.90 bits per heavy atom. The number of benzene rings is 1. The van der Waals surface area contributed by atoms with Crippen molar-refractivity contribution in [3.63, 3.8) is 0 Å². The molecule has 0 aromatic heterocycles. The molecule has 112 valence electrons. The molecule has 1 aromatic rings. The first-order valence-corrected chi connectivity index (χ1v) is 7.98. The number of amides is 1. The van der Waals surface area contributed by atoms with E-state index >= 15 is 0 Å². The topological polar surface area (TPSA) is 75.7 Å². The lowest BCUT2D eigenvalue weighted by molar-refractivity contribution is -0.116. The molecular weight excluding hydrogens is 280 g/mol. The number of hydrogen-bond donors (Lipinski definition) is 1. The van der Waals surface area contributed by atoms with Crippen molar-refractivity contribution in [1.82, 2.24) is 4.31 Å². The molecule has 0 unspecified atom stereocenters. The van der Waals surface area contributed by atoms with Gasteiger partial charge in [-0.3, -0.25) is 4.79 Å². The highest BCUT2D eigenvalue weighted by Gasteiger charge is 2.19. The normalized spacial score (nSPS) is 11.6. The largest absolute Gasteiger partial charge is 0.383 e. The van der Waals surface area contributed by atoms with Crippen LogP contribution in [0.5, 0.6) is 0 Å². The molecule has 0 aliphatic carbocycles. The zero-order valence-electron chi connectivity index (χ0n) is 11.9. The molecule has 0 radical (unpaired) electrons. The highest BCUT2D eigenvalue weighted by molar-refractivity contribution is 7.88. The van der Waals surface area contributed by atoms with Crippen LogP contribution >= 0.6 is 0 Å². The number of carbonyl (C=O) groups excluding carboxylic acids is 1. The predicted molar refractivity (Wildman–Crippen MR) is 78.1 cm³/mol. The van der Waals surface area contributed by atoms with Crippen LogP contribution in [0.4, 0.5) is 5.69 Å². The van der Waals surface area contributed by atoms with Crippen molar-refractivity contribution in [2.24, 2.45) is 0 Å². The van der Waals surface area contributed by atoms with Crippen molar-refractivity contribution in [2.45, 2.75) is 6.92 Å². The number of rotatable bonds is 7. The summed E-state index contributed by atoms with van der Waals surface area (Å²) in [5.74, 6) is -0.379. The first-order chi connectivity index (χ1) is 9.32. The van der Waals surface area contributed by atoms with E-state index in [1.165, 1.54) is 7.11 Å². The third-order valence-corrected chi connectivity index (χ3v) is 3.92. The molecule has 7 heteroatoms.